The minimum Gasteiger partial charge on any atom is -0.350 e. The molecule has 1 atom stereocenters. The summed E-state index contributed by atoms with van der Waals surface area (Å²) < 4.78 is 25.1. The Morgan fingerprint density at radius 2 is 1.75 bits per heavy atom. The Hall–Kier alpha value is -2.58. The molecule has 0 aromatic heterocycles. The molecule has 9 heteroatoms. The molecule has 2 amide bonds. The minimum atomic E-state index is -3.50. The number of sulfonamides is 1. The van der Waals surface area contributed by atoms with E-state index in [1.807, 2.05) is 13.8 Å². The van der Waals surface area contributed by atoms with Crippen LogP contribution in [0.25, 0.3) is 0 Å². The molecule has 0 heterocycles. The quantitative estimate of drug-likeness (QED) is 0.633. The van der Waals surface area contributed by atoms with Gasteiger partial charge in [-0.25, -0.2) is 8.42 Å². The van der Waals surface area contributed by atoms with Crippen LogP contribution in [0.5, 0.6) is 0 Å². The molecule has 2 aromatic rings. The van der Waals surface area contributed by atoms with E-state index in [-0.39, 0.29) is 28.2 Å². The lowest BCUT2D eigenvalue weighted by atomic mass is 10.1. The highest BCUT2D eigenvalue weighted by molar-refractivity contribution is 7.92. The smallest absolute Gasteiger partial charge is 0.257 e. The standard InChI is InChI=1S/C19H22ClN3O4S/c1-4-12(2)21-18(24)14-7-5-6-8-17(14)22-19(25)15-11-13(9-10-16(15)20)23-28(3,26)27/h5-12,23H,4H2,1-3H3,(H,21,24)(H,22,25)/t12-/m1/s1. The summed E-state index contributed by atoms with van der Waals surface area (Å²) in [5, 5.41) is 5.67. The summed E-state index contributed by atoms with van der Waals surface area (Å²) in [6.45, 7) is 3.84. The first kappa shape index (κ1) is 21.7. The van der Waals surface area contributed by atoms with Gasteiger partial charge >= 0.3 is 0 Å². The first-order chi connectivity index (χ1) is 13.1. The Bertz CT molecular complexity index is 992. The van der Waals surface area contributed by atoms with E-state index in [1.165, 1.54) is 18.2 Å². The molecule has 0 aliphatic heterocycles. The molecule has 0 saturated carbocycles. The van der Waals surface area contributed by atoms with E-state index in [1.54, 1.807) is 24.3 Å². The Morgan fingerprint density at radius 3 is 2.39 bits per heavy atom. The predicted molar refractivity (Wildman–Crippen MR) is 112 cm³/mol. The Labute approximate surface area is 169 Å². The van der Waals surface area contributed by atoms with E-state index < -0.39 is 15.9 Å². The van der Waals surface area contributed by atoms with Crippen molar-refractivity contribution in [3.05, 3.63) is 58.6 Å². The second-order valence-corrected chi connectivity index (χ2v) is 8.51. The zero-order valence-corrected chi connectivity index (χ0v) is 17.3. The van der Waals surface area contributed by atoms with E-state index in [9.17, 15) is 18.0 Å². The van der Waals surface area contributed by atoms with Gasteiger partial charge in [-0.3, -0.25) is 14.3 Å². The number of anilines is 2. The van der Waals surface area contributed by atoms with Crippen LogP contribution in [0.4, 0.5) is 11.4 Å². The number of rotatable bonds is 7. The molecule has 0 saturated heterocycles. The minimum absolute atomic E-state index is 0.00977. The topological polar surface area (TPSA) is 104 Å². The van der Waals surface area contributed by atoms with Crippen molar-refractivity contribution in [3.8, 4) is 0 Å². The zero-order valence-electron chi connectivity index (χ0n) is 15.7. The van der Waals surface area contributed by atoms with Gasteiger partial charge in [0.05, 0.1) is 28.1 Å². The lowest BCUT2D eigenvalue weighted by Gasteiger charge is -2.15. The predicted octanol–water partition coefficient (Wildman–Crippen LogP) is 3.49. The number of hydrogen-bond acceptors (Lipinski definition) is 4. The van der Waals surface area contributed by atoms with Crippen molar-refractivity contribution in [1.82, 2.24) is 5.32 Å². The average molecular weight is 424 g/mol. The summed E-state index contributed by atoms with van der Waals surface area (Å²) in [5.41, 5.74) is 0.927. The van der Waals surface area contributed by atoms with Crippen molar-refractivity contribution in [3.63, 3.8) is 0 Å². The zero-order chi connectivity index (χ0) is 20.9. The van der Waals surface area contributed by atoms with Gasteiger partial charge in [0.15, 0.2) is 0 Å². The van der Waals surface area contributed by atoms with E-state index in [4.69, 9.17) is 11.6 Å². The average Bonchev–Trinajstić information content (AvgIpc) is 2.62. The molecular weight excluding hydrogens is 402 g/mol. The number of benzene rings is 2. The summed E-state index contributed by atoms with van der Waals surface area (Å²) in [5.74, 6) is -0.866. The summed E-state index contributed by atoms with van der Waals surface area (Å²) in [7, 11) is -3.50. The van der Waals surface area contributed by atoms with E-state index >= 15 is 0 Å². The molecule has 2 rings (SSSR count). The Morgan fingerprint density at radius 1 is 1.07 bits per heavy atom. The van der Waals surface area contributed by atoms with E-state index in [2.05, 4.69) is 15.4 Å². The maximum Gasteiger partial charge on any atom is 0.257 e. The summed E-state index contributed by atoms with van der Waals surface area (Å²) in [4.78, 5) is 25.2. The van der Waals surface area contributed by atoms with Crippen molar-refractivity contribution in [2.24, 2.45) is 0 Å². The van der Waals surface area contributed by atoms with Crippen LogP contribution in [-0.4, -0.2) is 32.5 Å². The second-order valence-electron chi connectivity index (χ2n) is 6.35. The fourth-order valence-electron chi connectivity index (χ4n) is 2.36. The van der Waals surface area contributed by atoms with Crippen molar-refractivity contribution in [1.29, 1.82) is 0 Å². The van der Waals surface area contributed by atoms with Crippen LogP contribution in [0, 0.1) is 0 Å². The van der Waals surface area contributed by atoms with Gasteiger partial charge in [0, 0.05) is 11.7 Å². The first-order valence-electron chi connectivity index (χ1n) is 8.59. The molecule has 7 nitrogen and oxygen atoms in total. The number of halogens is 1. The normalized spacial score (nSPS) is 12.1. The van der Waals surface area contributed by atoms with Gasteiger partial charge in [0.2, 0.25) is 10.0 Å². The number of hydrogen-bond donors (Lipinski definition) is 3. The molecule has 0 spiro atoms. The summed E-state index contributed by atoms with van der Waals surface area (Å²) >= 11 is 6.10. The lowest BCUT2D eigenvalue weighted by Crippen LogP contribution is -2.32. The molecule has 0 aliphatic carbocycles. The van der Waals surface area contributed by atoms with E-state index in [0.717, 1.165) is 12.7 Å². The maximum absolute atomic E-state index is 12.7. The summed E-state index contributed by atoms with van der Waals surface area (Å²) in [6.07, 6.45) is 1.78. The largest absolute Gasteiger partial charge is 0.350 e. The van der Waals surface area contributed by atoms with E-state index in [0.29, 0.717) is 11.3 Å². The molecule has 2 aromatic carbocycles. The molecule has 150 valence electrons. The van der Waals surface area contributed by atoms with Crippen molar-refractivity contribution in [2.75, 3.05) is 16.3 Å². The molecule has 3 N–H and O–H groups in total. The van der Waals surface area contributed by atoms with Crippen LogP contribution in [0.2, 0.25) is 5.02 Å². The number of carbonyl (C=O) groups is 2. The van der Waals surface area contributed by atoms with Gasteiger partial charge in [-0.2, -0.15) is 0 Å². The van der Waals surface area contributed by atoms with Gasteiger partial charge in [-0.15, -0.1) is 0 Å². The van der Waals surface area contributed by atoms with Crippen LogP contribution in [0.15, 0.2) is 42.5 Å². The highest BCUT2D eigenvalue weighted by Crippen LogP contribution is 2.23. The van der Waals surface area contributed by atoms with Crippen LogP contribution < -0.4 is 15.4 Å². The van der Waals surface area contributed by atoms with Crippen molar-refractivity contribution in [2.45, 2.75) is 26.3 Å². The SMILES string of the molecule is CC[C@@H](C)NC(=O)c1ccccc1NC(=O)c1cc(NS(C)(=O)=O)ccc1Cl. The van der Waals surface area contributed by atoms with Crippen molar-refractivity contribution >= 4 is 44.8 Å². The molecule has 0 bridgehead atoms. The van der Waals surface area contributed by atoms with Crippen LogP contribution in [-0.2, 0) is 10.0 Å². The third-order valence-corrected chi connectivity index (χ3v) is 4.86. The van der Waals surface area contributed by atoms with Gasteiger partial charge in [0.25, 0.3) is 11.8 Å². The van der Waals surface area contributed by atoms with Gasteiger partial charge in [-0.05, 0) is 43.7 Å². The molecule has 0 aliphatic rings. The van der Waals surface area contributed by atoms with Crippen LogP contribution in [0.1, 0.15) is 41.0 Å². The number of amides is 2. The molecule has 0 radical (unpaired) electrons. The maximum atomic E-state index is 12.7. The third-order valence-electron chi connectivity index (χ3n) is 3.92. The van der Waals surface area contributed by atoms with Crippen molar-refractivity contribution < 1.29 is 18.0 Å². The highest BCUT2D eigenvalue weighted by atomic mass is 35.5. The van der Waals surface area contributed by atoms with Crippen LogP contribution in [0.3, 0.4) is 0 Å². The summed E-state index contributed by atoms with van der Waals surface area (Å²) in [6, 6.07) is 10.8. The van der Waals surface area contributed by atoms with Gasteiger partial charge in [-0.1, -0.05) is 30.7 Å². The molecular formula is C19H22ClN3O4S. The number of nitrogens with one attached hydrogen (secondary N) is 3. The monoisotopic (exact) mass is 423 g/mol. The first-order valence-corrected chi connectivity index (χ1v) is 10.9. The number of carbonyl (C=O) groups excluding carboxylic acids is 2. The fourth-order valence-corrected chi connectivity index (χ4v) is 3.12. The fraction of sp³-hybridized carbons (Fsp3) is 0.263. The molecule has 28 heavy (non-hydrogen) atoms. The van der Waals surface area contributed by atoms with Crippen LogP contribution >= 0.6 is 11.6 Å². The molecule has 0 fully saturated rings. The second kappa shape index (κ2) is 9.07. The van der Waals surface area contributed by atoms with Gasteiger partial charge < -0.3 is 10.6 Å². The molecule has 0 unspecified atom stereocenters. The highest BCUT2D eigenvalue weighted by Gasteiger charge is 2.17. The third kappa shape index (κ3) is 5.97. The Kier molecular flexibility index (Phi) is 7.04. The lowest BCUT2D eigenvalue weighted by molar-refractivity contribution is 0.0940. The van der Waals surface area contributed by atoms with Gasteiger partial charge in [0.1, 0.15) is 0 Å². The number of para-hydroxylation sites is 1. The Balaban J connectivity index is 2.29.